The first-order valence-electron chi connectivity index (χ1n) is 9.58. The smallest absolute Gasteiger partial charge is 0.341 e. The van der Waals surface area contributed by atoms with Gasteiger partial charge in [-0.05, 0) is 19.1 Å². The molecule has 2 aromatic rings. The van der Waals surface area contributed by atoms with Gasteiger partial charge in [-0.1, -0.05) is 36.1 Å². The number of methoxy groups -OCH3 is 1. The molecule has 34 heavy (non-hydrogen) atoms. The third-order valence-corrected chi connectivity index (χ3v) is 6.39. The highest BCUT2D eigenvalue weighted by Gasteiger charge is 2.38. The van der Waals surface area contributed by atoms with Crippen molar-refractivity contribution in [3.05, 3.63) is 40.2 Å². The normalized spacial score (nSPS) is 14.6. The molecule has 0 unspecified atom stereocenters. The van der Waals surface area contributed by atoms with Crippen LogP contribution in [0.25, 0.3) is 5.57 Å². The van der Waals surface area contributed by atoms with Gasteiger partial charge >= 0.3 is 18.0 Å². The van der Waals surface area contributed by atoms with E-state index >= 15 is 0 Å². The molecule has 11 nitrogen and oxygen atoms in total. The van der Waals surface area contributed by atoms with Crippen LogP contribution in [0.3, 0.4) is 0 Å². The minimum Gasteiger partial charge on any atom is -0.495 e. The first kappa shape index (κ1) is 25.1. The minimum atomic E-state index is -1.25. The molecule has 0 bridgehead atoms. The lowest BCUT2D eigenvalue weighted by atomic mass is 10.2. The number of rotatable bonds is 8. The number of thioether (sulfide) groups is 1. The van der Waals surface area contributed by atoms with Crippen molar-refractivity contribution >= 4 is 79.9 Å². The number of hydrogen-bond donors (Lipinski definition) is 3. The highest BCUT2D eigenvalue weighted by atomic mass is 32.2. The summed E-state index contributed by atoms with van der Waals surface area (Å²) >= 11 is 6.90. The van der Waals surface area contributed by atoms with Crippen LogP contribution in [0, 0.1) is 0 Å². The Morgan fingerprint density at radius 1 is 1.24 bits per heavy atom. The number of anilines is 2. The Hall–Kier alpha value is -3.49. The molecule has 0 saturated carbocycles. The molecule has 178 valence electrons. The summed E-state index contributed by atoms with van der Waals surface area (Å²) in [7, 11) is 1.47. The van der Waals surface area contributed by atoms with Crippen molar-refractivity contribution in [3.8, 4) is 5.75 Å². The topological polar surface area (TPSA) is 147 Å². The standard InChI is InChI=1S/C20H18N4O7S3/c1-3-31-17(28)14(15-16(27)24(8-13(25)26)20(32)34-15)11-9-33-19(22-11)23-18(29)21-10-6-4-5-7-12(10)30-2/h4-7,9H,3,8H2,1-2H3,(H,25,26)(H2,21,22,23,29). The Bertz CT molecular complexity index is 1190. The van der Waals surface area contributed by atoms with E-state index in [2.05, 4.69) is 15.6 Å². The highest BCUT2D eigenvalue weighted by molar-refractivity contribution is 8.26. The van der Waals surface area contributed by atoms with Gasteiger partial charge in [-0.2, -0.15) is 0 Å². The van der Waals surface area contributed by atoms with Crippen LogP contribution in [0.1, 0.15) is 12.6 Å². The van der Waals surface area contributed by atoms with Crippen molar-refractivity contribution < 1.29 is 33.8 Å². The van der Waals surface area contributed by atoms with Gasteiger partial charge in [-0.3, -0.25) is 19.8 Å². The van der Waals surface area contributed by atoms with E-state index in [0.29, 0.717) is 11.4 Å². The molecule has 1 aliphatic heterocycles. The van der Waals surface area contributed by atoms with Crippen molar-refractivity contribution in [1.29, 1.82) is 0 Å². The number of nitrogens with one attached hydrogen (secondary N) is 2. The number of carboxylic acids is 1. The second kappa shape index (κ2) is 11.1. The number of hydrogen-bond acceptors (Lipinski definition) is 10. The van der Waals surface area contributed by atoms with Gasteiger partial charge in [0.05, 0.1) is 30.0 Å². The van der Waals surface area contributed by atoms with Gasteiger partial charge in [0.2, 0.25) is 0 Å². The van der Waals surface area contributed by atoms with Crippen LogP contribution in [0.5, 0.6) is 5.75 Å². The van der Waals surface area contributed by atoms with Crippen molar-refractivity contribution in [1.82, 2.24) is 9.88 Å². The Labute approximate surface area is 207 Å². The van der Waals surface area contributed by atoms with E-state index in [4.69, 9.17) is 26.8 Å². The molecule has 1 fully saturated rings. The number of carboxylic acid groups (broad SMARTS) is 1. The van der Waals surface area contributed by atoms with Crippen LogP contribution >= 0.6 is 35.3 Å². The van der Waals surface area contributed by atoms with Gasteiger partial charge in [0, 0.05) is 5.38 Å². The Balaban J connectivity index is 1.87. The maximum absolute atomic E-state index is 12.8. The second-order valence-electron chi connectivity index (χ2n) is 6.39. The van der Waals surface area contributed by atoms with Crippen LogP contribution in [0.4, 0.5) is 15.6 Å². The number of thiocarbonyl (C=S) groups is 1. The lowest BCUT2D eigenvalue weighted by Crippen LogP contribution is -2.33. The number of urea groups is 1. The van der Waals surface area contributed by atoms with Crippen molar-refractivity contribution in [2.75, 3.05) is 30.9 Å². The molecule has 0 aliphatic carbocycles. The number of aromatic nitrogens is 1. The van der Waals surface area contributed by atoms with Gasteiger partial charge in [0.1, 0.15) is 22.2 Å². The van der Waals surface area contributed by atoms with Crippen molar-refractivity contribution in [3.63, 3.8) is 0 Å². The van der Waals surface area contributed by atoms with Gasteiger partial charge in [0.25, 0.3) is 5.91 Å². The number of esters is 1. The zero-order valence-electron chi connectivity index (χ0n) is 17.8. The summed E-state index contributed by atoms with van der Waals surface area (Å²) in [5.74, 6) is -2.35. The monoisotopic (exact) mass is 522 g/mol. The summed E-state index contributed by atoms with van der Waals surface area (Å²) in [6.07, 6.45) is 0. The third kappa shape index (κ3) is 5.70. The molecule has 0 spiro atoms. The summed E-state index contributed by atoms with van der Waals surface area (Å²) in [6, 6.07) is 6.22. The summed E-state index contributed by atoms with van der Waals surface area (Å²) in [5, 5.41) is 15.8. The number of thiazole rings is 1. The van der Waals surface area contributed by atoms with E-state index in [0.717, 1.165) is 28.0 Å². The molecule has 0 atom stereocenters. The maximum Gasteiger partial charge on any atom is 0.341 e. The molecular formula is C20H18N4O7S3. The number of para-hydroxylation sites is 2. The van der Waals surface area contributed by atoms with E-state index in [1.807, 2.05) is 0 Å². The number of aliphatic carboxylic acids is 1. The Morgan fingerprint density at radius 3 is 2.65 bits per heavy atom. The number of carbonyl (C=O) groups is 4. The predicted octanol–water partition coefficient (Wildman–Crippen LogP) is 3.01. The number of benzene rings is 1. The first-order valence-corrected chi connectivity index (χ1v) is 11.7. The van der Waals surface area contributed by atoms with Crippen LogP contribution in [-0.2, 0) is 19.1 Å². The average Bonchev–Trinajstić information content (AvgIpc) is 3.34. The molecule has 1 saturated heterocycles. The summed E-state index contributed by atoms with van der Waals surface area (Å²) in [5.41, 5.74) is 0.349. The fourth-order valence-electron chi connectivity index (χ4n) is 2.78. The molecule has 3 amide bonds. The summed E-state index contributed by atoms with van der Waals surface area (Å²) in [4.78, 5) is 54.0. The Morgan fingerprint density at radius 2 is 1.97 bits per heavy atom. The number of carbonyl (C=O) groups excluding carboxylic acids is 3. The molecule has 2 heterocycles. The van der Waals surface area contributed by atoms with E-state index in [1.54, 1.807) is 31.2 Å². The molecular weight excluding hydrogens is 504 g/mol. The Kier molecular flexibility index (Phi) is 8.20. The number of nitrogens with zero attached hydrogens (tertiary/aromatic N) is 2. The molecule has 1 aromatic heterocycles. The molecule has 1 aliphatic rings. The predicted molar refractivity (Wildman–Crippen MR) is 131 cm³/mol. The van der Waals surface area contributed by atoms with E-state index in [1.165, 1.54) is 12.5 Å². The molecule has 0 radical (unpaired) electrons. The zero-order valence-corrected chi connectivity index (χ0v) is 20.3. The van der Waals surface area contributed by atoms with E-state index in [9.17, 15) is 19.2 Å². The first-order chi connectivity index (χ1) is 16.2. The molecule has 14 heteroatoms. The quantitative estimate of drug-likeness (QED) is 0.268. The van der Waals surface area contributed by atoms with E-state index in [-0.39, 0.29) is 32.2 Å². The fraction of sp³-hybridized carbons (Fsp3) is 0.200. The molecule has 1 aromatic carbocycles. The lowest BCUT2D eigenvalue weighted by Gasteiger charge is -2.11. The van der Waals surface area contributed by atoms with Gasteiger partial charge in [0.15, 0.2) is 5.13 Å². The summed E-state index contributed by atoms with van der Waals surface area (Å²) in [6.45, 7) is 0.993. The van der Waals surface area contributed by atoms with E-state index < -0.39 is 30.4 Å². The van der Waals surface area contributed by atoms with Gasteiger partial charge in [-0.15, -0.1) is 11.3 Å². The maximum atomic E-state index is 12.8. The minimum absolute atomic E-state index is 0.00559. The summed E-state index contributed by atoms with van der Waals surface area (Å²) < 4.78 is 10.3. The molecule has 3 N–H and O–H groups in total. The third-order valence-electron chi connectivity index (χ3n) is 4.19. The fourth-order valence-corrected chi connectivity index (χ4v) is 4.80. The SMILES string of the molecule is CCOC(=O)C(=C1SC(=S)N(CC(=O)O)C1=O)c1csc(NC(=O)Nc2ccccc2OC)n1. The number of ether oxygens (including phenoxy) is 2. The average molecular weight is 523 g/mol. The van der Waals surface area contributed by atoms with Gasteiger partial charge < -0.3 is 19.9 Å². The van der Waals surface area contributed by atoms with Crippen molar-refractivity contribution in [2.24, 2.45) is 0 Å². The second-order valence-corrected chi connectivity index (χ2v) is 8.90. The zero-order chi connectivity index (χ0) is 24.8. The largest absolute Gasteiger partial charge is 0.495 e. The van der Waals surface area contributed by atoms with Crippen molar-refractivity contribution in [2.45, 2.75) is 6.92 Å². The number of amides is 3. The van der Waals surface area contributed by atoms with Crippen LogP contribution < -0.4 is 15.4 Å². The van der Waals surface area contributed by atoms with Crippen LogP contribution in [0.15, 0.2) is 34.6 Å². The molecule has 3 rings (SSSR count). The lowest BCUT2D eigenvalue weighted by molar-refractivity contribution is -0.140. The highest BCUT2D eigenvalue weighted by Crippen LogP contribution is 2.38. The van der Waals surface area contributed by atoms with Crippen LogP contribution in [0.2, 0.25) is 0 Å². The van der Waals surface area contributed by atoms with Crippen LogP contribution in [-0.4, -0.2) is 63.4 Å². The van der Waals surface area contributed by atoms with Gasteiger partial charge in [-0.25, -0.2) is 14.6 Å².